The summed E-state index contributed by atoms with van der Waals surface area (Å²) >= 11 is 8.92. The van der Waals surface area contributed by atoms with Crippen molar-refractivity contribution in [2.24, 2.45) is 0 Å². The Balaban J connectivity index is 1.73. The molecule has 0 bridgehead atoms. The van der Waals surface area contributed by atoms with Gasteiger partial charge in [-0.1, -0.05) is 23.7 Å². The van der Waals surface area contributed by atoms with Crippen LogP contribution in [0.5, 0.6) is 0 Å². The first-order valence-corrected chi connectivity index (χ1v) is 9.03. The number of halogens is 1. The summed E-state index contributed by atoms with van der Waals surface area (Å²) in [5, 5.41) is 7.00. The third kappa shape index (κ3) is 3.96. The third-order valence-electron chi connectivity index (χ3n) is 3.17. The van der Waals surface area contributed by atoms with Crippen molar-refractivity contribution in [2.45, 2.75) is 20.3 Å². The number of thiazole rings is 2. The molecule has 23 heavy (non-hydrogen) atoms. The van der Waals surface area contributed by atoms with E-state index in [1.54, 1.807) is 11.3 Å². The van der Waals surface area contributed by atoms with Gasteiger partial charge in [0.05, 0.1) is 22.8 Å². The summed E-state index contributed by atoms with van der Waals surface area (Å²) < 4.78 is 0. The predicted octanol–water partition coefficient (Wildman–Crippen LogP) is 4.72. The molecule has 7 heteroatoms. The van der Waals surface area contributed by atoms with E-state index in [1.165, 1.54) is 11.3 Å². The number of carbonyl (C=O) groups excluding carboxylic acids is 1. The van der Waals surface area contributed by atoms with Crippen molar-refractivity contribution in [2.75, 3.05) is 5.32 Å². The summed E-state index contributed by atoms with van der Waals surface area (Å²) in [7, 11) is 0. The summed E-state index contributed by atoms with van der Waals surface area (Å²) in [4.78, 5) is 22.0. The first-order valence-electron chi connectivity index (χ1n) is 6.95. The summed E-state index contributed by atoms with van der Waals surface area (Å²) in [5.74, 6) is -0.105. The van der Waals surface area contributed by atoms with Crippen LogP contribution in [0.3, 0.4) is 0 Å². The van der Waals surface area contributed by atoms with Crippen molar-refractivity contribution in [1.82, 2.24) is 9.97 Å². The summed E-state index contributed by atoms with van der Waals surface area (Å²) in [6.45, 7) is 3.91. The van der Waals surface area contributed by atoms with E-state index >= 15 is 0 Å². The molecule has 0 aliphatic heterocycles. The van der Waals surface area contributed by atoms with Crippen LogP contribution in [0.25, 0.3) is 11.3 Å². The monoisotopic (exact) mass is 363 g/mol. The normalized spacial score (nSPS) is 10.7. The number of hydrogen-bond acceptors (Lipinski definition) is 5. The number of carbonyl (C=O) groups is 1. The number of rotatable bonds is 4. The first kappa shape index (κ1) is 16.1. The van der Waals surface area contributed by atoms with Gasteiger partial charge in [0, 0.05) is 20.8 Å². The molecule has 2 aromatic heterocycles. The average Bonchev–Trinajstić information content (AvgIpc) is 3.06. The maximum absolute atomic E-state index is 12.1. The number of aromatic nitrogens is 2. The standard InChI is InChI=1S/C16H14ClN3OS2/c1-9-15(11-3-5-12(17)6-4-11)20-16(23-9)19-14(21)7-13-8-22-10(2)18-13/h3-6,8H,7H2,1-2H3,(H,19,20,21). The van der Waals surface area contributed by atoms with Crippen LogP contribution in [0.4, 0.5) is 5.13 Å². The largest absolute Gasteiger partial charge is 0.302 e. The Morgan fingerprint density at radius 3 is 2.61 bits per heavy atom. The lowest BCUT2D eigenvalue weighted by Crippen LogP contribution is -2.14. The topological polar surface area (TPSA) is 54.9 Å². The number of aryl methyl sites for hydroxylation is 2. The van der Waals surface area contributed by atoms with Gasteiger partial charge in [-0.05, 0) is 26.0 Å². The minimum absolute atomic E-state index is 0.105. The van der Waals surface area contributed by atoms with Crippen LogP contribution < -0.4 is 5.32 Å². The summed E-state index contributed by atoms with van der Waals surface area (Å²) in [6, 6.07) is 7.51. The van der Waals surface area contributed by atoms with Crippen molar-refractivity contribution in [3.8, 4) is 11.3 Å². The van der Waals surface area contributed by atoms with Gasteiger partial charge in [0.2, 0.25) is 5.91 Å². The number of amides is 1. The van der Waals surface area contributed by atoms with Gasteiger partial charge >= 0.3 is 0 Å². The molecule has 0 radical (unpaired) electrons. The smallest absolute Gasteiger partial charge is 0.232 e. The van der Waals surface area contributed by atoms with E-state index in [9.17, 15) is 4.79 Å². The molecule has 118 valence electrons. The Bertz CT molecular complexity index is 839. The van der Waals surface area contributed by atoms with Gasteiger partial charge in [0.15, 0.2) is 5.13 Å². The SMILES string of the molecule is Cc1nc(CC(=O)Nc2nc(-c3ccc(Cl)cc3)c(C)s2)cs1. The molecule has 2 heterocycles. The summed E-state index contributed by atoms with van der Waals surface area (Å²) in [6.07, 6.45) is 0.263. The van der Waals surface area contributed by atoms with E-state index in [1.807, 2.05) is 43.5 Å². The molecule has 0 fully saturated rings. The molecule has 3 aromatic rings. The molecular formula is C16H14ClN3OS2. The number of anilines is 1. The van der Waals surface area contributed by atoms with Gasteiger partial charge in [0.1, 0.15) is 0 Å². The highest BCUT2D eigenvalue weighted by molar-refractivity contribution is 7.16. The lowest BCUT2D eigenvalue weighted by atomic mass is 10.1. The minimum atomic E-state index is -0.105. The number of hydrogen-bond donors (Lipinski definition) is 1. The van der Waals surface area contributed by atoms with Crippen LogP contribution >= 0.6 is 34.3 Å². The second-order valence-corrected chi connectivity index (χ2v) is 7.72. The molecule has 1 aromatic carbocycles. The van der Waals surface area contributed by atoms with Crippen molar-refractivity contribution in [3.63, 3.8) is 0 Å². The van der Waals surface area contributed by atoms with Gasteiger partial charge in [-0.25, -0.2) is 9.97 Å². The Hall–Kier alpha value is -1.76. The van der Waals surface area contributed by atoms with Crippen molar-refractivity contribution in [1.29, 1.82) is 0 Å². The van der Waals surface area contributed by atoms with E-state index in [0.717, 1.165) is 26.8 Å². The van der Waals surface area contributed by atoms with E-state index in [0.29, 0.717) is 10.2 Å². The van der Waals surface area contributed by atoms with Crippen LogP contribution in [0, 0.1) is 13.8 Å². The van der Waals surface area contributed by atoms with Gasteiger partial charge < -0.3 is 5.32 Å². The molecule has 0 spiro atoms. The van der Waals surface area contributed by atoms with Crippen LogP contribution in [0.15, 0.2) is 29.6 Å². The minimum Gasteiger partial charge on any atom is -0.302 e. The third-order valence-corrected chi connectivity index (χ3v) is 5.13. The zero-order chi connectivity index (χ0) is 16.4. The van der Waals surface area contributed by atoms with Crippen LogP contribution in [0.1, 0.15) is 15.6 Å². The van der Waals surface area contributed by atoms with Crippen molar-refractivity contribution in [3.05, 3.63) is 50.2 Å². The van der Waals surface area contributed by atoms with Gasteiger partial charge in [-0.2, -0.15) is 0 Å². The van der Waals surface area contributed by atoms with Gasteiger partial charge in [-0.3, -0.25) is 4.79 Å². The number of benzene rings is 1. The molecule has 0 unspecified atom stereocenters. The fraction of sp³-hybridized carbons (Fsp3) is 0.188. The van der Waals surface area contributed by atoms with E-state index in [4.69, 9.17) is 11.6 Å². The highest BCUT2D eigenvalue weighted by Crippen LogP contribution is 2.31. The van der Waals surface area contributed by atoms with Crippen LogP contribution in [-0.2, 0) is 11.2 Å². The Kier molecular flexibility index (Phi) is 4.75. The zero-order valence-corrected chi connectivity index (χ0v) is 15.0. The van der Waals surface area contributed by atoms with Crippen LogP contribution in [-0.4, -0.2) is 15.9 Å². The predicted molar refractivity (Wildman–Crippen MR) is 96.5 cm³/mol. The first-order chi connectivity index (χ1) is 11.0. The Labute approximate surface area is 147 Å². The Morgan fingerprint density at radius 1 is 1.22 bits per heavy atom. The highest BCUT2D eigenvalue weighted by atomic mass is 35.5. The molecule has 3 rings (SSSR count). The molecule has 0 aliphatic rings. The van der Waals surface area contributed by atoms with Crippen LogP contribution in [0.2, 0.25) is 5.02 Å². The van der Waals surface area contributed by atoms with Gasteiger partial charge in [-0.15, -0.1) is 22.7 Å². The molecule has 0 saturated heterocycles. The van der Waals surface area contributed by atoms with E-state index in [-0.39, 0.29) is 12.3 Å². The molecule has 0 atom stereocenters. The quantitative estimate of drug-likeness (QED) is 0.729. The van der Waals surface area contributed by atoms with Crippen molar-refractivity contribution < 1.29 is 4.79 Å². The Morgan fingerprint density at radius 2 is 1.96 bits per heavy atom. The molecule has 0 aliphatic carbocycles. The summed E-state index contributed by atoms with van der Waals surface area (Å²) in [5.41, 5.74) is 2.64. The fourth-order valence-electron chi connectivity index (χ4n) is 2.14. The number of nitrogens with one attached hydrogen (secondary N) is 1. The zero-order valence-electron chi connectivity index (χ0n) is 12.6. The highest BCUT2D eigenvalue weighted by Gasteiger charge is 2.13. The van der Waals surface area contributed by atoms with E-state index in [2.05, 4.69) is 15.3 Å². The molecular weight excluding hydrogens is 350 g/mol. The molecule has 1 amide bonds. The lowest BCUT2D eigenvalue weighted by Gasteiger charge is -2.00. The average molecular weight is 364 g/mol. The molecule has 0 saturated carbocycles. The maximum Gasteiger partial charge on any atom is 0.232 e. The molecule has 1 N–H and O–H groups in total. The fourth-order valence-corrected chi connectivity index (χ4v) is 3.73. The van der Waals surface area contributed by atoms with Gasteiger partial charge in [0.25, 0.3) is 0 Å². The molecule has 4 nitrogen and oxygen atoms in total. The number of nitrogens with zero attached hydrogens (tertiary/aromatic N) is 2. The second-order valence-electron chi connectivity index (χ2n) is 5.01. The van der Waals surface area contributed by atoms with E-state index < -0.39 is 0 Å². The van der Waals surface area contributed by atoms with Crippen molar-refractivity contribution >= 4 is 45.3 Å². The maximum atomic E-state index is 12.1. The second kappa shape index (κ2) is 6.78. The lowest BCUT2D eigenvalue weighted by molar-refractivity contribution is -0.115.